The van der Waals surface area contributed by atoms with Gasteiger partial charge in [-0.3, -0.25) is 9.89 Å². The first kappa shape index (κ1) is 17.2. The van der Waals surface area contributed by atoms with Gasteiger partial charge in [-0.05, 0) is 39.5 Å². The first-order valence-corrected chi connectivity index (χ1v) is 8.42. The molecule has 1 amide bonds. The molecular weight excluding hydrogens is 322 g/mol. The molecule has 0 aliphatic heterocycles. The van der Waals surface area contributed by atoms with E-state index in [2.05, 4.69) is 25.5 Å². The smallest absolute Gasteiger partial charge is 0.278 e. The molecule has 2 N–H and O–H groups in total. The zero-order chi connectivity index (χ0) is 17.8. The van der Waals surface area contributed by atoms with E-state index in [-0.39, 0.29) is 18.1 Å². The van der Waals surface area contributed by atoms with Crippen molar-refractivity contribution in [3.63, 3.8) is 0 Å². The first-order valence-electron chi connectivity index (χ1n) is 8.42. The maximum absolute atomic E-state index is 12.4. The van der Waals surface area contributed by atoms with Crippen molar-refractivity contribution >= 4 is 5.91 Å². The lowest BCUT2D eigenvalue weighted by Gasteiger charge is -2.29. The molecule has 134 valence electrons. The minimum atomic E-state index is -0.0660. The summed E-state index contributed by atoms with van der Waals surface area (Å²) in [5.41, 5.74) is 2.16. The average Bonchev–Trinajstić information content (AvgIpc) is 2.95. The van der Waals surface area contributed by atoms with Crippen LogP contribution >= 0.6 is 0 Å². The van der Waals surface area contributed by atoms with Gasteiger partial charge < -0.3 is 14.8 Å². The third-order valence-corrected chi connectivity index (χ3v) is 4.47. The molecule has 8 heteroatoms. The summed E-state index contributed by atoms with van der Waals surface area (Å²) in [6.07, 6.45) is 6.60. The van der Waals surface area contributed by atoms with Gasteiger partial charge in [-0.25, -0.2) is 9.97 Å². The van der Waals surface area contributed by atoms with Gasteiger partial charge in [0.2, 0.25) is 0 Å². The van der Waals surface area contributed by atoms with Crippen molar-refractivity contribution in [1.29, 1.82) is 0 Å². The molecule has 0 bridgehead atoms. The molecule has 2 aromatic heterocycles. The number of methoxy groups -OCH3 is 1. The molecule has 1 fully saturated rings. The van der Waals surface area contributed by atoms with Crippen LogP contribution in [0.2, 0.25) is 0 Å². The number of nitrogens with zero attached hydrogens (tertiary/aromatic N) is 3. The van der Waals surface area contributed by atoms with E-state index in [9.17, 15) is 4.79 Å². The number of hydrogen-bond acceptors (Lipinski definition) is 6. The van der Waals surface area contributed by atoms with Crippen molar-refractivity contribution in [3.05, 3.63) is 29.3 Å². The standard InChI is InChI=1S/C17H23N5O3/c1-10-14(11(2)22-21-10)15(23)20-12-4-6-13(7-5-12)25-17-16(24-3)18-8-9-19-17/h8-9,12-13H,4-7H2,1-3H3,(H,20,23)(H,21,22). The molecule has 1 aliphatic rings. The third kappa shape index (κ3) is 3.89. The monoisotopic (exact) mass is 345 g/mol. The Morgan fingerprint density at radius 3 is 2.44 bits per heavy atom. The van der Waals surface area contributed by atoms with Crippen LogP contribution in [0.5, 0.6) is 11.8 Å². The maximum atomic E-state index is 12.4. The summed E-state index contributed by atoms with van der Waals surface area (Å²) in [5.74, 6) is 0.745. The van der Waals surface area contributed by atoms with Crippen LogP contribution in [0.4, 0.5) is 0 Å². The van der Waals surface area contributed by atoms with Gasteiger partial charge in [-0.2, -0.15) is 5.10 Å². The Hall–Kier alpha value is -2.64. The predicted octanol–water partition coefficient (Wildman–Crippen LogP) is 1.95. The summed E-state index contributed by atoms with van der Waals surface area (Å²) in [4.78, 5) is 20.7. The molecule has 0 atom stereocenters. The number of ether oxygens (including phenoxy) is 2. The maximum Gasteiger partial charge on any atom is 0.278 e. The van der Waals surface area contributed by atoms with E-state index in [4.69, 9.17) is 9.47 Å². The summed E-state index contributed by atoms with van der Waals surface area (Å²) in [5, 5.41) is 10.0. The Bertz CT molecular complexity index is 718. The van der Waals surface area contributed by atoms with E-state index in [0.29, 0.717) is 17.3 Å². The number of carbonyl (C=O) groups excluding carboxylic acids is 1. The van der Waals surface area contributed by atoms with E-state index in [1.165, 1.54) is 0 Å². The summed E-state index contributed by atoms with van der Waals surface area (Å²) < 4.78 is 11.1. The van der Waals surface area contributed by atoms with Crippen LogP contribution in [0.3, 0.4) is 0 Å². The third-order valence-electron chi connectivity index (χ3n) is 4.47. The number of amides is 1. The van der Waals surface area contributed by atoms with Gasteiger partial charge in [-0.15, -0.1) is 0 Å². The molecule has 1 aliphatic carbocycles. The van der Waals surface area contributed by atoms with Crippen LogP contribution in [0.1, 0.15) is 47.4 Å². The Morgan fingerprint density at radius 1 is 1.16 bits per heavy atom. The number of aromatic amines is 1. The van der Waals surface area contributed by atoms with Crippen molar-refractivity contribution in [1.82, 2.24) is 25.5 Å². The molecule has 0 spiro atoms. The molecule has 0 radical (unpaired) electrons. The normalized spacial score (nSPS) is 20.1. The van der Waals surface area contributed by atoms with E-state index in [1.807, 2.05) is 13.8 Å². The second kappa shape index (κ2) is 7.50. The number of rotatable bonds is 5. The van der Waals surface area contributed by atoms with Gasteiger partial charge in [0.05, 0.1) is 18.4 Å². The van der Waals surface area contributed by atoms with Crippen LogP contribution < -0.4 is 14.8 Å². The largest absolute Gasteiger partial charge is 0.477 e. The Morgan fingerprint density at radius 2 is 1.84 bits per heavy atom. The second-order valence-electron chi connectivity index (χ2n) is 6.24. The number of nitrogens with one attached hydrogen (secondary N) is 2. The SMILES string of the molecule is COc1nccnc1OC1CCC(NC(=O)c2c(C)n[nH]c2C)CC1. The minimum Gasteiger partial charge on any atom is -0.477 e. The van der Waals surface area contributed by atoms with Gasteiger partial charge >= 0.3 is 0 Å². The summed E-state index contributed by atoms with van der Waals surface area (Å²) in [6, 6.07) is 0.143. The number of hydrogen-bond donors (Lipinski definition) is 2. The lowest BCUT2D eigenvalue weighted by Crippen LogP contribution is -2.40. The van der Waals surface area contributed by atoms with Gasteiger partial charge in [-0.1, -0.05) is 0 Å². The molecule has 0 aromatic carbocycles. The molecule has 1 saturated carbocycles. The van der Waals surface area contributed by atoms with E-state index >= 15 is 0 Å². The molecule has 2 aromatic rings. The quantitative estimate of drug-likeness (QED) is 0.859. The Balaban J connectivity index is 1.53. The number of carbonyl (C=O) groups is 1. The number of H-pyrrole nitrogens is 1. The predicted molar refractivity (Wildman–Crippen MR) is 90.8 cm³/mol. The highest BCUT2D eigenvalue weighted by atomic mass is 16.5. The fraction of sp³-hybridized carbons (Fsp3) is 0.529. The van der Waals surface area contributed by atoms with Crippen LogP contribution in [0.25, 0.3) is 0 Å². The Kier molecular flexibility index (Phi) is 5.16. The molecule has 0 unspecified atom stereocenters. The van der Waals surface area contributed by atoms with Gasteiger partial charge in [0.15, 0.2) is 0 Å². The highest BCUT2D eigenvalue weighted by Gasteiger charge is 2.26. The van der Waals surface area contributed by atoms with E-state index in [1.54, 1.807) is 19.5 Å². The first-order chi connectivity index (χ1) is 12.1. The Labute approximate surface area is 146 Å². The fourth-order valence-corrected chi connectivity index (χ4v) is 3.16. The summed E-state index contributed by atoms with van der Waals surface area (Å²) in [6.45, 7) is 3.69. The molecule has 2 heterocycles. The molecule has 8 nitrogen and oxygen atoms in total. The zero-order valence-corrected chi connectivity index (χ0v) is 14.7. The second-order valence-corrected chi connectivity index (χ2v) is 6.24. The van der Waals surface area contributed by atoms with Crippen molar-refractivity contribution in [3.8, 4) is 11.8 Å². The van der Waals surface area contributed by atoms with Gasteiger partial charge in [0.1, 0.15) is 6.10 Å². The summed E-state index contributed by atoms with van der Waals surface area (Å²) >= 11 is 0. The van der Waals surface area contributed by atoms with Gasteiger partial charge in [0, 0.05) is 24.1 Å². The average molecular weight is 345 g/mol. The van der Waals surface area contributed by atoms with Crippen LogP contribution in [0.15, 0.2) is 12.4 Å². The summed E-state index contributed by atoms with van der Waals surface area (Å²) in [7, 11) is 1.54. The molecule has 25 heavy (non-hydrogen) atoms. The lowest BCUT2D eigenvalue weighted by atomic mass is 9.92. The van der Waals surface area contributed by atoms with Crippen molar-refractivity contribution in [2.45, 2.75) is 51.7 Å². The molecular formula is C17H23N5O3. The minimum absolute atomic E-state index is 0.0520. The van der Waals surface area contributed by atoms with Crippen LogP contribution in [0, 0.1) is 13.8 Å². The van der Waals surface area contributed by atoms with Crippen molar-refractivity contribution < 1.29 is 14.3 Å². The van der Waals surface area contributed by atoms with Crippen LogP contribution in [-0.4, -0.2) is 45.3 Å². The van der Waals surface area contributed by atoms with E-state index in [0.717, 1.165) is 37.1 Å². The number of aryl methyl sites for hydroxylation is 2. The van der Waals surface area contributed by atoms with Crippen LogP contribution in [-0.2, 0) is 0 Å². The number of aromatic nitrogens is 4. The molecule has 3 rings (SSSR count). The van der Waals surface area contributed by atoms with Crippen molar-refractivity contribution in [2.24, 2.45) is 0 Å². The zero-order valence-electron chi connectivity index (χ0n) is 14.7. The van der Waals surface area contributed by atoms with Crippen molar-refractivity contribution in [2.75, 3.05) is 7.11 Å². The van der Waals surface area contributed by atoms with Gasteiger partial charge in [0.25, 0.3) is 17.7 Å². The highest BCUT2D eigenvalue weighted by Crippen LogP contribution is 2.27. The highest BCUT2D eigenvalue weighted by molar-refractivity contribution is 5.96. The topological polar surface area (TPSA) is 102 Å². The lowest BCUT2D eigenvalue weighted by molar-refractivity contribution is 0.0885. The van der Waals surface area contributed by atoms with E-state index < -0.39 is 0 Å². The fourth-order valence-electron chi connectivity index (χ4n) is 3.16. The molecule has 0 saturated heterocycles.